The average Bonchev–Trinajstić information content (AvgIpc) is 2.60. The molecule has 0 N–H and O–H groups in total. The average molecular weight is 180 g/mol. The summed E-state index contributed by atoms with van der Waals surface area (Å²) < 4.78 is 5.49. The summed E-state index contributed by atoms with van der Waals surface area (Å²) in [5.74, 6) is 2.45. The number of hydrogen-bond donors (Lipinski definition) is 0. The molecule has 0 aromatic rings. The van der Waals surface area contributed by atoms with Crippen molar-refractivity contribution in [2.45, 2.75) is 33.3 Å². The van der Waals surface area contributed by atoms with Gasteiger partial charge in [-0.05, 0) is 31.1 Å². The van der Waals surface area contributed by atoms with Gasteiger partial charge in [-0.2, -0.15) is 0 Å². The molecule has 72 valence electrons. The van der Waals surface area contributed by atoms with Crippen LogP contribution in [0.2, 0.25) is 0 Å². The fraction of sp³-hybridized carbons (Fsp3) is 0.909. The second-order valence-corrected chi connectivity index (χ2v) is 5.31. The summed E-state index contributed by atoms with van der Waals surface area (Å²) >= 11 is 0. The molecule has 2 saturated carbocycles. The smallest absolute Gasteiger partial charge is 0.312 e. The minimum atomic E-state index is -0.137. The summed E-state index contributed by atoms with van der Waals surface area (Å²) in [5.41, 5.74) is -0.137. The number of ether oxygens (including phenoxy) is 1. The Bertz CT molecular complexity index is 286. The first-order valence-corrected chi connectivity index (χ1v) is 5.28. The summed E-state index contributed by atoms with van der Waals surface area (Å²) in [6.45, 7) is 6.57. The van der Waals surface area contributed by atoms with E-state index in [0.29, 0.717) is 17.8 Å². The predicted molar refractivity (Wildman–Crippen MR) is 47.9 cm³/mol. The van der Waals surface area contributed by atoms with E-state index in [0.717, 1.165) is 5.92 Å². The van der Waals surface area contributed by atoms with Crippen LogP contribution in [0.1, 0.15) is 27.2 Å². The standard InChI is InChI=1S/C11H16O2/c1-5-7-4-8-9(5)13-10(12)11(8,3)6(7)2/h5-9H,4H2,1-3H3/t5-,6+,7?,8?,9?,11-/m1/s1. The Morgan fingerprint density at radius 2 is 2.15 bits per heavy atom. The fourth-order valence-electron chi connectivity index (χ4n) is 4.06. The molecule has 2 nitrogen and oxygen atoms in total. The number of hydrogen-bond acceptors (Lipinski definition) is 2. The highest BCUT2D eigenvalue weighted by molar-refractivity contribution is 5.81. The maximum absolute atomic E-state index is 11.7. The van der Waals surface area contributed by atoms with Gasteiger partial charge in [-0.25, -0.2) is 0 Å². The van der Waals surface area contributed by atoms with Crippen molar-refractivity contribution in [2.24, 2.45) is 29.1 Å². The van der Waals surface area contributed by atoms with E-state index >= 15 is 0 Å². The molecule has 1 aliphatic heterocycles. The third-order valence-electron chi connectivity index (χ3n) is 5.16. The van der Waals surface area contributed by atoms with Crippen LogP contribution in [-0.2, 0) is 9.53 Å². The van der Waals surface area contributed by atoms with Crippen LogP contribution in [0.15, 0.2) is 0 Å². The van der Waals surface area contributed by atoms with Crippen LogP contribution < -0.4 is 0 Å². The van der Waals surface area contributed by atoms with Gasteiger partial charge in [-0.1, -0.05) is 13.8 Å². The number of fused-ring (bicyclic) bond motifs is 1. The Balaban J connectivity index is 2.13. The van der Waals surface area contributed by atoms with Crippen molar-refractivity contribution in [1.82, 2.24) is 0 Å². The van der Waals surface area contributed by atoms with Gasteiger partial charge in [0, 0.05) is 5.92 Å². The van der Waals surface area contributed by atoms with E-state index in [2.05, 4.69) is 20.8 Å². The second-order valence-electron chi connectivity index (χ2n) is 5.31. The van der Waals surface area contributed by atoms with Crippen LogP contribution in [0.5, 0.6) is 0 Å². The molecule has 2 aliphatic carbocycles. The van der Waals surface area contributed by atoms with Gasteiger partial charge in [0.25, 0.3) is 0 Å². The Morgan fingerprint density at radius 3 is 2.77 bits per heavy atom. The third kappa shape index (κ3) is 0.598. The van der Waals surface area contributed by atoms with Crippen molar-refractivity contribution >= 4 is 5.97 Å². The molecule has 1 saturated heterocycles. The number of carbonyl (C=O) groups is 1. The summed E-state index contributed by atoms with van der Waals surface area (Å²) in [6.07, 6.45) is 1.47. The molecule has 0 radical (unpaired) electrons. The van der Waals surface area contributed by atoms with Gasteiger partial charge in [0.2, 0.25) is 0 Å². The summed E-state index contributed by atoms with van der Waals surface area (Å²) in [5, 5.41) is 0. The van der Waals surface area contributed by atoms with Gasteiger partial charge in [-0.15, -0.1) is 0 Å². The highest BCUT2D eigenvalue weighted by Crippen LogP contribution is 2.66. The van der Waals surface area contributed by atoms with Crippen molar-refractivity contribution in [3.63, 3.8) is 0 Å². The first kappa shape index (κ1) is 7.84. The first-order valence-electron chi connectivity index (χ1n) is 5.28. The molecule has 0 aromatic carbocycles. The Labute approximate surface area is 78.6 Å². The van der Waals surface area contributed by atoms with Gasteiger partial charge in [0.1, 0.15) is 6.10 Å². The van der Waals surface area contributed by atoms with Crippen LogP contribution in [0.25, 0.3) is 0 Å². The molecule has 3 rings (SSSR count). The predicted octanol–water partition coefficient (Wildman–Crippen LogP) is 1.84. The van der Waals surface area contributed by atoms with Crippen molar-refractivity contribution in [1.29, 1.82) is 0 Å². The summed E-state index contributed by atoms with van der Waals surface area (Å²) in [6, 6.07) is 0. The van der Waals surface area contributed by atoms with Crippen molar-refractivity contribution in [2.75, 3.05) is 0 Å². The lowest BCUT2D eigenvalue weighted by Gasteiger charge is -2.33. The molecule has 0 aromatic heterocycles. The van der Waals surface area contributed by atoms with Crippen molar-refractivity contribution in [3.8, 4) is 0 Å². The lowest BCUT2D eigenvalue weighted by atomic mass is 9.66. The van der Waals surface area contributed by atoms with Crippen LogP contribution in [0, 0.1) is 29.1 Å². The van der Waals surface area contributed by atoms with E-state index in [1.807, 2.05) is 0 Å². The zero-order valence-corrected chi connectivity index (χ0v) is 8.41. The molecule has 2 heteroatoms. The van der Waals surface area contributed by atoms with E-state index in [9.17, 15) is 4.79 Å². The topological polar surface area (TPSA) is 26.3 Å². The van der Waals surface area contributed by atoms with E-state index in [1.54, 1.807) is 0 Å². The molecule has 0 amide bonds. The summed E-state index contributed by atoms with van der Waals surface area (Å²) in [4.78, 5) is 11.7. The maximum atomic E-state index is 11.7. The third-order valence-corrected chi connectivity index (χ3v) is 5.16. The highest BCUT2D eigenvalue weighted by atomic mass is 16.6. The Morgan fingerprint density at radius 1 is 1.46 bits per heavy atom. The minimum Gasteiger partial charge on any atom is -0.461 e. The van der Waals surface area contributed by atoms with Crippen molar-refractivity contribution < 1.29 is 9.53 Å². The van der Waals surface area contributed by atoms with Crippen LogP contribution in [0.4, 0.5) is 0 Å². The van der Waals surface area contributed by atoms with Gasteiger partial charge < -0.3 is 4.74 Å². The number of rotatable bonds is 0. The van der Waals surface area contributed by atoms with Crippen molar-refractivity contribution in [3.05, 3.63) is 0 Å². The molecule has 6 atom stereocenters. The minimum absolute atomic E-state index is 0.0712. The van der Waals surface area contributed by atoms with E-state index < -0.39 is 0 Å². The van der Waals surface area contributed by atoms with Crippen LogP contribution in [-0.4, -0.2) is 12.1 Å². The monoisotopic (exact) mass is 180 g/mol. The van der Waals surface area contributed by atoms with E-state index in [4.69, 9.17) is 4.74 Å². The molecule has 0 spiro atoms. The van der Waals surface area contributed by atoms with Crippen LogP contribution in [0.3, 0.4) is 0 Å². The fourth-order valence-corrected chi connectivity index (χ4v) is 4.06. The molecular formula is C11H16O2. The first-order chi connectivity index (χ1) is 6.06. The molecule has 2 bridgehead atoms. The number of carbonyl (C=O) groups excluding carboxylic acids is 1. The van der Waals surface area contributed by atoms with Gasteiger partial charge in [0.15, 0.2) is 0 Å². The zero-order chi connectivity index (χ0) is 9.38. The largest absolute Gasteiger partial charge is 0.461 e. The normalized spacial score (nSPS) is 63.0. The van der Waals surface area contributed by atoms with Gasteiger partial charge in [-0.3, -0.25) is 4.79 Å². The molecule has 3 aliphatic rings. The maximum Gasteiger partial charge on any atom is 0.312 e. The molecule has 13 heavy (non-hydrogen) atoms. The lowest BCUT2D eigenvalue weighted by molar-refractivity contribution is -0.148. The lowest BCUT2D eigenvalue weighted by Crippen LogP contribution is -2.38. The number of esters is 1. The Hall–Kier alpha value is -0.530. The molecule has 3 fully saturated rings. The van der Waals surface area contributed by atoms with Gasteiger partial charge >= 0.3 is 5.97 Å². The quantitative estimate of drug-likeness (QED) is 0.532. The molecule has 1 heterocycles. The van der Waals surface area contributed by atoms with Crippen LogP contribution >= 0.6 is 0 Å². The summed E-state index contributed by atoms with van der Waals surface area (Å²) in [7, 11) is 0. The molecule has 3 unspecified atom stereocenters. The zero-order valence-electron chi connectivity index (χ0n) is 8.41. The van der Waals surface area contributed by atoms with E-state index in [1.165, 1.54) is 6.42 Å². The second kappa shape index (κ2) is 1.94. The van der Waals surface area contributed by atoms with Gasteiger partial charge in [0.05, 0.1) is 5.41 Å². The van der Waals surface area contributed by atoms with E-state index in [-0.39, 0.29) is 17.5 Å². The SMILES string of the molecule is C[C@H]1C2OC(=O)[C@@]3(C)C2CC1[C@@H]3C. The molecular weight excluding hydrogens is 164 g/mol. The Kier molecular flexibility index (Phi) is 1.17. The highest BCUT2D eigenvalue weighted by Gasteiger charge is 2.70.